The second-order valence-electron chi connectivity index (χ2n) is 5.79. The first-order chi connectivity index (χ1) is 10.4. The minimum atomic E-state index is 0.906. The van der Waals surface area contributed by atoms with Gasteiger partial charge >= 0.3 is 0 Å². The van der Waals surface area contributed by atoms with E-state index in [1.165, 1.54) is 11.3 Å². The molecule has 0 saturated carbocycles. The van der Waals surface area contributed by atoms with Crippen LogP contribution >= 0.6 is 0 Å². The van der Waals surface area contributed by atoms with Crippen LogP contribution in [0.15, 0.2) is 61.3 Å². The van der Waals surface area contributed by atoms with Crippen molar-refractivity contribution in [2.45, 2.75) is 27.7 Å². The topological polar surface area (TPSA) is 17.0 Å². The minimum Gasteiger partial charge on any atom is -0.355 e. The molecule has 0 bridgehead atoms. The van der Waals surface area contributed by atoms with Crippen LogP contribution in [-0.2, 0) is 0 Å². The number of allylic oxidation sites excluding steroid dienone is 3. The Bertz CT molecular complexity index is 728. The van der Waals surface area contributed by atoms with Gasteiger partial charge in [-0.05, 0) is 52.0 Å². The molecule has 1 heterocycles. The molecule has 0 amide bonds. The Labute approximate surface area is 133 Å². The molecular weight excluding hydrogens is 268 g/mol. The third-order valence-electron chi connectivity index (χ3n) is 3.65. The van der Waals surface area contributed by atoms with Gasteiger partial charge in [0.25, 0.3) is 0 Å². The van der Waals surface area contributed by atoms with E-state index in [2.05, 4.69) is 86.4 Å². The normalized spacial score (nSPS) is 11.4. The average Bonchev–Trinajstić information content (AvgIpc) is 2.82. The standard InChI is InChI=1S/C20H24N2/c1-14(2)13-16(4)22-12-11-20(18(22)6)17(5)21-19-9-7-15(3)8-10-19/h7-13,21H,1,5H2,2-4,6H3/b16-13-. The van der Waals surface area contributed by atoms with E-state index in [9.17, 15) is 0 Å². The van der Waals surface area contributed by atoms with Crippen LogP contribution in [0.4, 0.5) is 5.69 Å². The predicted octanol–water partition coefficient (Wildman–Crippen LogP) is 5.62. The van der Waals surface area contributed by atoms with Gasteiger partial charge in [0.1, 0.15) is 0 Å². The van der Waals surface area contributed by atoms with Crippen LogP contribution < -0.4 is 5.32 Å². The van der Waals surface area contributed by atoms with Crippen LogP contribution in [-0.4, -0.2) is 4.57 Å². The number of hydrogen-bond donors (Lipinski definition) is 1. The quantitative estimate of drug-likeness (QED) is 0.707. The summed E-state index contributed by atoms with van der Waals surface area (Å²) in [5, 5.41) is 3.37. The molecule has 0 atom stereocenters. The lowest BCUT2D eigenvalue weighted by atomic mass is 10.1. The maximum absolute atomic E-state index is 4.18. The molecule has 2 nitrogen and oxygen atoms in total. The summed E-state index contributed by atoms with van der Waals surface area (Å²) in [7, 11) is 0. The molecule has 0 saturated heterocycles. The van der Waals surface area contributed by atoms with Crippen molar-refractivity contribution >= 4 is 17.1 Å². The average molecular weight is 292 g/mol. The highest BCUT2D eigenvalue weighted by Gasteiger charge is 2.09. The molecule has 114 valence electrons. The first-order valence-electron chi connectivity index (χ1n) is 7.43. The second kappa shape index (κ2) is 6.52. The fourth-order valence-corrected chi connectivity index (χ4v) is 2.52. The van der Waals surface area contributed by atoms with E-state index in [0.717, 1.165) is 28.2 Å². The van der Waals surface area contributed by atoms with Gasteiger partial charge in [0.15, 0.2) is 0 Å². The summed E-state index contributed by atoms with van der Waals surface area (Å²) in [6.45, 7) is 16.4. The fourth-order valence-electron chi connectivity index (χ4n) is 2.52. The van der Waals surface area contributed by atoms with Crippen LogP contribution in [0.2, 0.25) is 0 Å². The molecule has 0 radical (unpaired) electrons. The number of rotatable bonds is 5. The van der Waals surface area contributed by atoms with Crippen molar-refractivity contribution in [1.82, 2.24) is 4.57 Å². The van der Waals surface area contributed by atoms with Gasteiger partial charge < -0.3 is 9.88 Å². The molecule has 0 spiro atoms. The molecule has 1 N–H and O–H groups in total. The highest BCUT2D eigenvalue weighted by atomic mass is 15.0. The molecule has 22 heavy (non-hydrogen) atoms. The van der Waals surface area contributed by atoms with Crippen LogP contribution in [0.1, 0.15) is 30.7 Å². The zero-order valence-electron chi connectivity index (χ0n) is 13.9. The number of anilines is 1. The third-order valence-corrected chi connectivity index (χ3v) is 3.65. The smallest absolute Gasteiger partial charge is 0.0403 e. The molecule has 2 aromatic rings. The van der Waals surface area contributed by atoms with E-state index in [1.807, 2.05) is 6.92 Å². The van der Waals surface area contributed by atoms with Crippen molar-refractivity contribution in [1.29, 1.82) is 0 Å². The van der Waals surface area contributed by atoms with E-state index in [0.29, 0.717) is 0 Å². The molecule has 0 aliphatic carbocycles. The van der Waals surface area contributed by atoms with Gasteiger partial charge in [0.2, 0.25) is 0 Å². The van der Waals surface area contributed by atoms with E-state index in [1.54, 1.807) is 0 Å². The molecule has 0 fully saturated rings. The maximum atomic E-state index is 4.18. The molecule has 0 unspecified atom stereocenters. The summed E-state index contributed by atoms with van der Waals surface area (Å²) in [5.41, 5.74) is 7.69. The van der Waals surface area contributed by atoms with Gasteiger partial charge in [-0.1, -0.05) is 36.4 Å². The van der Waals surface area contributed by atoms with Crippen LogP contribution in [0.3, 0.4) is 0 Å². The first kappa shape index (κ1) is 15.9. The SMILES string of the molecule is C=C(C)/C=C(/C)n1ccc(C(=C)Nc2ccc(C)cc2)c1C. The molecule has 2 rings (SSSR count). The van der Waals surface area contributed by atoms with Gasteiger partial charge in [-0.2, -0.15) is 0 Å². The van der Waals surface area contributed by atoms with E-state index in [4.69, 9.17) is 0 Å². The van der Waals surface area contributed by atoms with E-state index < -0.39 is 0 Å². The van der Waals surface area contributed by atoms with Crippen molar-refractivity contribution in [2.75, 3.05) is 5.32 Å². The van der Waals surface area contributed by atoms with Crippen molar-refractivity contribution in [3.8, 4) is 0 Å². The zero-order chi connectivity index (χ0) is 16.3. The molecule has 0 aliphatic heterocycles. The van der Waals surface area contributed by atoms with Crippen molar-refractivity contribution in [2.24, 2.45) is 0 Å². The van der Waals surface area contributed by atoms with Crippen LogP contribution in [0.5, 0.6) is 0 Å². The molecule has 1 aromatic heterocycles. The predicted molar refractivity (Wildman–Crippen MR) is 97.8 cm³/mol. The number of aryl methyl sites for hydroxylation is 1. The maximum Gasteiger partial charge on any atom is 0.0403 e. The Kier molecular flexibility index (Phi) is 4.71. The summed E-state index contributed by atoms with van der Waals surface area (Å²) in [5.74, 6) is 0. The van der Waals surface area contributed by atoms with Crippen LogP contribution in [0.25, 0.3) is 11.4 Å². The lowest BCUT2D eigenvalue weighted by Crippen LogP contribution is -2.01. The molecule has 1 aromatic carbocycles. The second-order valence-corrected chi connectivity index (χ2v) is 5.79. The van der Waals surface area contributed by atoms with E-state index >= 15 is 0 Å². The Morgan fingerprint density at radius 1 is 1.05 bits per heavy atom. The number of nitrogens with zero attached hydrogens (tertiary/aromatic N) is 1. The first-order valence-corrected chi connectivity index (χ1v) is 7.43. The summed E-state index contributed by atoms with van der Waals surface area (Å²) < 4.78 is 2.16. The van der Waals surface area contributed by atoms with Gasteiger partial charge in [-0.15, -0.1) is 0 Å². The highest BCUT2D eigenvalue weighted by Crippen LogP contribution is 2.23. The Balaban J connectivity index is 2.23. The zero-order valence-corrected chi connectivity index (χ0v) is 13.9. The van der Waals surface area contributed by atoms with Gasteiger partial charge in [-0.25, -0.2) is 0 Å². The Hall–Kier alpha value is -2.48. The minimum absolute atomic E-state index is 0.906. The molecular formula is C20H24N2. The Morgan fingerprint density at radius 3 is 2.27 bits per heavy atom. The van der Waals surface area contributed by atoms with Crippen molar-refractivity contribution < 1.29 is 0 Å². The number of benzene rings is 1. The summed E-state index contributed by atoms with van der Waals surface area (Å²) >= 11 is 0. The lowest BCUT2D eigenvalue weighted by molar-refractivity contribution is 1.03. The third kappa shape index (κ3) is 3.59. The molecule has 2 heteroatoms. The monoisotopic (exact) mass is 292 g/mol. The summed E-state index contributed by atoms with van der Waals surface area (Å²) in [6, 6.07) is 10.4. The fraction of sp³-hybridized carbons (Fsp3) is 0.200. The largest absolute Gasteiger partial charge is 0.355 e. The summed E-state index contributed by atoms with van der Waals surface area (Å²) in [4.78, 5) is 0. The van der Waals surface area contributed by atoms with Gasteiger partial charge in [0, 0.05) is 34.5 Å². The lowest BCUT2D eigenvalue weighted by Gasteiger charge is -2.12. The van der Waals surface area contributed by atoms with Gasteiger partial charge in [-0.3, -0.25) is 0 Å². The highest BCUT2D eigenvalue weighted by molar-refractivity contribution is 5.77. The van der Waals surface area contributed by atoms with Crippen LogP contribution in [0, 0.1) is 13.8 Å². The summed E-state index contributed by atoms with van der Waals surface area (Å²) in [6.07, 6.45) is 4.15. The van der Waals surface area contributed by atoms with Gasteiger partial charge in [0.05, 0.1) is 0 Å². The number of aromatic nitrogens is 1. The van der Waals surface area contributed by atoms with Crippen molar-refractivity contribution in [3.05, 3.63) is 78.2 Å². The molecule has 0 aliphatic rings. The Morgan fingerprint density at radius 2 is 1.68 bits per heavy atom. The number of hydrogen-bond acceptors (Lipinski definition) is 1. The number of nitrogens with one attached hydrogen (secondary N) is 1. The van der Waals surface area contributed by atoms with Crippen molar-refractivity contribution in [3.63, 3.8) is 0 Å². The van der Waals surface area contributed by atoms with E-state index in [-0.39, 0.29) is 0 Å².